The molecule has 0 spiro atoms. The molecule has 66 heavy (non-hydrogen) atoms. The van der Waals surface area contributed by atoms with Gasteiger partial charge in [-0.1, -0.05) is 233 Å². The number of nitrogens with zero attached hydrogens (tertiary/aromatic N) is 4. The lowest BCUT2D eigenvalue weighted by Crippen LogP contribution is -2.48. The second-order valence-corrected chi connectivity index (χ2v) is 21.6. The molecule has 0 aromatic heterocycles. The number of aliphatic hydroxyl groups is 4. The summed E-state index contributed by atoms with van der Waals surface area (Å²) in [4.78, 5) is 10.0. The topological polar surface area (TPSA) is 93.9 Å². The molecule has 1 aliphatic rings. The van der Waals surface area contributed by atoms with Crippen LogP contribution in [0, 0.1) is 0 Å². The van der Waals surface area contributed by atoms with Crippen LogP contribution in [0.25, 0.3) is 0 Å². The van der Waals surface area contributed by atoms with Crippen molar-refractivity contribution >= 4 is 0 Å². The smallest absolute Gasteiger partial charge is 0.0667 e. The van der Waals surface area contributed by atoms with Crippen LogP contribution in [0.2, 0.25) is 0 Å². The number of aliphatic hydroxyl groups excluding tert-OH is 4. The van der Waals surface area contributed by atoms with Gasteiger partial charge < -0.3 is 30.2 Å². The Balaban J connectivity index is 2.54. The van der Waals surface area contributed by atoms with Gasteiger partial charge in [0.15, 0.2) is 0 Å². The minimum Gasteiger partial charge on any atom is -0.392 e. The maximum atomic E-state index is 11.1. The molecule has 8 heteroatoms. The highest BCUT2D eigenvalue weighted by Crippen LogP contribution is 2.17. The second-order valence-electron chi connectivity index (χ2n) is 21.6. The lowest BCUT2D eigenvalue weighted by Gasteiger charge is -2.36. The van der Waals surface area contributed by atoms with Gasteiger partial charge in [0.1, 0.15) is 0 Å². The van der Waals surface area contributed by atoms with Crippen molar-refractivity contribution in [3.05, 3.63) is 0 Å². The zero-order valence-electron chi connectivity index (χ0n) is 45.2. The van der Waals surface area contributed by atoms with Crippen molar-refractivity contribution in [2.75, 3.05) is 78.5 Å². The molecule has 1 aliphatic heterocycles. The van der Waals surface area contributed by atoms with Gasteiger partial charge in [0.25, 0.3) is 0 Å². The minimum absolute atomic E-state index is 0.309. The molecule has 0 saturated carbocycles. The largest absolute Gasteiger partial charge is 0.392 e. The summed E-state index contributed by atoms with van der Waals surface area (Å²) >= 11 is 0. The van der Waals surface area contributed by atoms with Crippen LogP contribution in [-0.2, 0) is 0 Å². The van der Waals surface area contributed by atoms with Crippen LogP contribution < -0.4 is 0 Å². The van der Waals surface area contributed by atoms with E-state index in [1.54, 1.807) is 0 Å². The number of hydrogen-bond acceptors (Lipinski definition) is 8. The first kappa shape index (κ1) is 63.7. The Hall–Kier alpha value is -0.320. The van der Waals surface area contributed by atoms with Crippen molar-refractivity contribution in [2.24, 2.45) is 0 Å². The first-order valence-corrected chi connectivity index (χ1v) is 29.9. The Kier molecular flexibility index (Phi) is 46.6. The molecule has 0 bridgehead atoms. The molecular formula is C58H120N4O4. The van der Waals surface area contributed by atoms with Crippen molar-refractivity contribution in [2.45, 2.75) is 296 Å². The van der Waals surface area contributed by atoms with E-state index in [0.29, 0.717) is 26.2 Å². The molecule has 1 heterocycles. The molecule has 0 aromatic rings. The Morgan fingerprint density at radius 3 is 0.697 bits per heavy atom. The molecule has 1 rings (SSSR count). The summed E-state index contributed by atoms with van der Waals surface area (Å²) in [6.07, 6.45) is 45.7. The van der Waals surface area contributed by atoms with E-state index in [0.717, 1.165) is 117 Å². The number of unbranched alkanes of at least 4 members (excludes halogenated alkanes) is 28. The maximum Gasteiger partial charge on any atom is 0.0667 e. The SMILES string of the molecule is CCCCCCCCCCC(O)CN(CCCN1CCN(CCCN(CC(O)CCCCCCCCCC)CC(O)CCCCCCCCCC)CC1)CC(O)CCCCCCCCCC. The highest BCUT2D eigenvalue weighted by Gasteiger charge is 2.21. The van der Waals surface area contributed by atoms with Crippen molar-refractivity contribution in [1.29, 1.82) is 0 Å². The van der Waals surface area contributed by atoms with Gasteiger partial charge in [0.2, 0.25) is 0 Å². The molecule has 396 valence electrons. The van der Waals surface area contributed by atoms with Gasteiger partial charge in [-0.3, -0.25) is 9.80 Å². The molecule has 0 aromatic carbocycles. The van der Waals surface area contributed by atoms with Gasteiger partial charge in [-0.05, 0) is 64.7 Å². The van der Waals surface area contributed by atoms with Crippen LogP contribution in [0.4, 0.5) is 0 Å². The summed E-state index contributed by atoms with van der Waals surface area (Å²) in [5.74, 6) is 0. The Labute approximate surface area is 413 Å². The van der Waals surface area contributed by atoms with Crippen molar-refractivity contribution in [3.8, 4) is 0 Å². The molecule has 0 amide bonds. The van der Waals surface area contributed by atoms with Gasteiger partial charge in [-0.2, -0.15) is 0 Å². The van der Waals surface area contributed by atoms with Crippen LogP contribution in [0.3, 0.4) is 0 Å². The molecule has 1 saturated heterocycles. The molecule has 8 nitrogen and oxygen atoms in total. The quantitative estimate of drug-likeness (QED) is 0.0448. The molecular weight excluding hydrogens is 817 g/mol. The lowest BCUT2D eigenvalue weighted by molar-refractivity contribution is 0.0535. The minimum atomic E-state index is -0.309. The Morgan fingerprint density at radius 1 is 0.288 bits per heavy atom. The number of rotatable bonds is 52. The molecule has 0 radical (unpaired) electrons. The highest BCUT2D eigenvalue weighted by molar-refractivity contribution is 4.76. The molecule has 1 fully saturated rings. The van der Waals surface area contributed by atoms with E-state index >= 15 is 0 Å². The van der Waals surface area contributed by atoms with Crippen molar-refractivity contribution in [3.63, 3.8) is 0 Å². The van der Waals surface area contributed by atoms with Crippen molar-refractivity contribution < 1.29 is 20.4 Å². The summed E-state index contributed by atoms with van der Waals surface area (Å²) in [7, 11) is 0. The summed E-state index contributed by atoms with van der Waals surface area (Å²) in [5, 5.41) is 44.4. The normalized spacial score (nSPS) is 15.9. The van der Waals surface area contributed by atoms with E-state index in [1.807, 2.05) is 0 Å². The van der Waals surface area contributed by atoms with E-state index in [2.05, 4.69) is 47.3 Å². The predicted molar refractivity (Wildman–Crippen MR) is 288 cm³/mol. The van der Waals surface area contributed by atoms with Gasteiger partial charge >= 0.3 is 0 Å². The summed E-state index contributed by atoms with van der Waals surface area (Å²) in [6, 6.07) is 0. The highest BCUT2D eigenvalue weighted by atomic mass is 16.3. The van der Waals surface area contributed by atoms with Gasteiger partial charge in [0, 0.05) is 52.4 Å². The summed E-state index contributed by atoms with van der Waals surface area (Å²) < 4.78 is 0. The molecule has 4 atom stereocenters. The van der Waals surface area contributed by atoms with Crippen LogP contribution in [0.15, 0.2) is 0 Å². The van der Waals surface area contributed by atoms with E-state index in [1.165, 1.54) is 180 Å². The van der Waals surface area contributed by atoms with E-state index in [9.17, 15) is 20.4 Å². The van der Waals surface area contributed by atoms with Crippen LogP contribution >= 0.6 is 0 Å². The van der Waals surface area contributed by atoms with Crippen molar-refractivity contribution in [1.82, 2.24) is 19.6 Å². The van der Waals surface area contributed by atoms with E-state index in [4.69, 9.17) is 0 Å². The Morgan fingerprint density at radius 2 is 0.485 bits per heavy atom. The van der Waals surface area contributed by atoms with E-state index in [-0.39, 0.29) is 24.4 Å². The third-order valence-corrected chi connectivity index (χ3v) is 14.8. The van der Waals surface area contributed by atoms with Crippen LogP contribution in [-0.4, -0.2) is 143 Å². The van der Waals surface area contributed by atoms with Gasteiger partial charge in [-0.25, -0.2) is 0 Å². The first-order valence-electron chi connectivity index (χ1n) is 29.9. The first-order chi connectivity index (χ1) is 32.3. The van der Waals surface area contributed by atoms with Gasteiger partial charge in [-0.15, -0.1) is 0 Å². The van der Waals surface area contributed by atoms with Crippen LogP contribution in [0.1, 0.15) is 272 Å². The maximum absolute atomic E-state index is 11.1. The fourth-order valence-corrected chi connectivity index (χ4v) is 10.4. The molecule has 4 N–H and O–H groups in total. The zero-order valence-corrected chi connectivity index (χ0v) is 45.2. The lowest BCUT2D eigenvalue weighted by atomic mass is 10.0. The monoisotopic (exact) mass is 937 g/mol. The fraction of sp³-hybridized carbons (Fsp3) is 1.00. The zero-order chi connectivity index (χ0) is 48.0. The van der Waals surface area contributed by atoms with E-state index < -0.39 is 0 Å². The number of hydrogen-bond donors (Lipinski definition) is 4. The standard InChI is InChI=1S/C58H120N4O4/c1-5-9-13-17-21-25-29-33-39-55(63)51-61(52-56(64)40-34-30-26-22-18-14-10-6-2)45-37-43-59-47-49-60(50-48-59)44-38-46-62(53-57(65)41-35-31-27-23-19-15-11-7-3)54-58(66)42-36-32-28-24-20-16-12-8-4/h55-58,63-66H,5-54H2,1-4H3. The predicted octanol–water partition coefficient (Wildman–Crippen LogP) is 13.6. The fourth-order valence-electron chi connectivity index (χ4n) is 10.4. The molecule has 4 unspecified atom stereocenters. The van der Waals surface area contributed by atoms with Gasteiger partial charge in [0.05, 0.1) is 24.4 Å². The Bertz CT molecular complexity index is 824. The summed E-state index contributed by atoms with van der Waals surface area (Å²) in [6.45, 7) is 20.3. The average Bonchev–Trinajstić information content (AvgIpc) is 3.30. The third kappa shape index (κ3) is 41.5. The molecule has 0 aliphatic carbocycles. The number of piperazine rings is 1. The summed E-state index contributed by atoms with van der Waals surface area (Å²) in [5.41, 5.74) is 0. The third-order valence-electron chi connectivity index (χ3n) is 14.8. The second kappa shape index (κ2) is 48.3. The average molecular weight is 938 g/mol. The van der Waals surface area contributed by atoms with Crippen LogP contribution in [0.5, 0.6) is 0 Å².